The van der Waals surface area contributed by atoms with E-state index in [9.17, 15) is 19.1 Å². The number of likely N-dealkylation sites (tertiary alicyclic amines) is 1. The third-order valence-corrected chi connectivity index (χ3v) is 6.23. The maximum Gasteiger partial charge on any atom is 0.295 e. The summed E-state index contributed by atoms with van der Waals surface area (Å²) in [6.45, 7) is 6.29. The van der Waals surface area contributed by atoms with Crippen molar-refractivity contribution in [1.29, 1.82) is 0 Å². The number of halogens is 1. The number of ketones is 1. The number of aliphatic hydroxyl groups excluding tert-OH is 1. The lowest BCUT2D eigenvalue weighted by molar-refractivity contribution is -0.140. The first-order chi connectivity index (χ1) is 16.6. The van der Waals surface area contributed by atoms with Crippen LogP contribution in [0.4, 0.5) is 4.39 Å². The molecule has 35 heavy (non-hydrogen) atoms. The highest BCUT2D eigenvalue weighted by molar-refractivity contribution is 6.46. The molecule has 1 amide bonds. The minimum atomic E-state index is -0.909. The Hall–Kier alpha value is -3.87. The molecule has 0 saturated carbocycles. The molecular weight excluding hydrogens is 449 g/mol. The molecule has 1 atom stereocenters. The van der Waals surface area contributed by atoms with Crippen LogP contribution in [0.2, 0.25) is 0 Å². The SMILES string of the molecule is COc1ccc(C(C)(C)C)cc1/C(O)=C1\C(=O)C(=O)N(CCc2ccc(F)cc2)C1c1ccco1. The van der Waals surface area contributed by atoms with Crippen LogP contribution in [0, 0.1) is 5.82 Å². The Morgan fingerprint density at radius 1 is 1.11 bits per heavy atom. The van der Waals surface area contributed by atoms with Gasteiger partial charge in [-0.3, -0.25) is 9.59 Å². The van der Waals surface area contributed by atoms with Gasteiger partial charge in [-0.2, -0.15) is 0 Å². The Morgan fingerprint density at radius 3 is 2.43 bits per heavy atom. The van der Waals surface area contributed by atoms with E-state index in [1.807, 2.05) is 26.8 Å². The van der Waals surface area contributed by atoms with Gasteiger partial charge in [-0.25, -0.2) is 4.39 Å². The maximum atomic E-state index is 13.3. The maximum absolute atomic E-state index is 13.3. The first-order valence-electron chi connectivity index (χ1n) is 11.4. The minimum absolute atomic E-state index is 0.0617. The number of carbonyl (C=O) groups is 2. The molecule has 1 aliphatic rings. The van der Waals surface area contributed by atoms with Crippen LogP contribution in [0.15, 0.2) is 70.9 Å². The van der Waals surface area contributed by atoms with Crippen molar-refractivity contribution in [2.24, 2.45) is 0 Å². The first kappa shape index (κ1) is 24.3. The number of hydrogen-bond donors (Lipinski definition) is 1. The van der Waals surface area contributed by atoms with Crippen LogP contribution in [-0.4, -0.2) is 35.4 Å². The molecule has 2 aromatic carbocycles. The van der Waals surface area contributed by atoms with Crippen LogP contribution in [0.25, 0.3) is 5.76 Å². The number of nitrogens with zero attached hydrogens (tertiary/aromatic N) is 1. The highest BCUT2D eigenvalue weighted by Gasteiger charge is 2.47. The Balaban J connectivity index is 1.80. The molecule has 1 N–H and O–H groups in total. The molecule has 7 heteroatoms. The lowest BCUT2D eigenvalue weighted by atomic mass is 9.85. The van der Waals surface area contributed by atoms with E-state index in [-0.39, 0.29) is 29.1 Å². The van der Waals surface area contributed by atoms with Crippen LogP contribution in [-0.2, 0) is 21.4 Å². The summed E-state index contributed by atoms with van der Waals surface area (Å²) >= 11 is 0. The molecule has 1 aromatic heterocycles. The smallest absolute Gasteiger partial charge is 0.295 e. The third kappa shape index (κ3) is 4.71. The molecule has 0 aliphatic carbocycles. The van der Waals surface area contributed by atoms with Crippen molar-refractivity contribution in [3.63, 3.8) is 0 Å². The second-order valence-corrected chi connectivity index (χ2v) is 9.55. The highest BCUT2D eigenvalue weighted by Crippen LogP contribution is 2.42. The first-order valence-corrected chi connectivity index (χ1v) is 11.4. The zero-order valence-electron chi connectivity index (χ0n) is 20.2. The van der Waals surface area contributed by atoms with Crippen molar-refractivity contribution < 1.29 is 28.2 Å². The molecule has 3 aromatic rings. The predicted octanol–water partition coefficient (Wildman–Crippen LogP) is 5.39. The molecule has 182 valence electrons. The van der Waals surface area contributed by atoms with Crippen LogP contribution in [0.3, 0.4) is 0 Å². The molecule has 0 spiro atoms. The predicted molar refractivity (Wildman–Crippen MR) is 130 cm³/mol. The Morgan fingerprint density at radius 2 is 1.83 bits per heavy atom. The number of aliphatic hydroxyl groups is 1. The van der Waals surface area contributed by atoms with E-state index < -0.39 is 17.7 Å². The van der Waals surface area contributed by atoms with Crippen LogP contribution < -0.4 is 4.74 Å². The topological polar surface area (TPSA) is 80.0 Å². The van der Waals surface area contributed by atoms with Gasteiger partial charge >= 0.3 is 0 Å². The molecule has 4 rings (SSSR count). The summed E-state index contributed by atoms with van der Waals surface area (Å²) in [5.74, 6) is -1.47. The van der Waals surface area contributed by atoms with Crippen molar-refractivity contribution in [2.45, 2.75) is 38.6 Å². The summed E-state index contributed by atoms with van der Waals surface area (Å²) in [7, 11) is 1.48. The van der Waals surface area contributed by atoms with Gasteiger partial charge in [-0.15, -0.1) is 0 Å². The second-order valence-electron chi connectivity index (χ2n) is 9.55. The minimum Gasteiger partial charge on any atom is -0.507 e. The number of Topliss-reactive ketones (excluding diaryl/α,β-unsaturated/α-hetero) is 1. The zero-order valence-corrected chi connectivity index (χ0v) is 20.2. The molecule has 1 saturated heterocycles. The largest absolute Gasteiger partial charge is 0.507 e. The Bertz CT molecular complexity index is 1270. The van der Waals surface area contributed by atoms with E-state index in [0.29, 0.717) is 23.5 Å². The number of furan rings is 1. The summed E-state index contributed by atoms with van der Waals surface area (Å²) in [4.78, 5) is 27.7. The fourth-order valence-electron chi connectivity index (χ4n) is 4.26. The lowest BCUT2D eigenvalue weighted by Gasteiger charge is -2.24. The molecule has 0 radical (unpaired) electrons. The number of amides is 1. The molecule has 1 fully saturated rings. The number of ether oxygens (including phenoxy) is 1. The number of benzene rings is 2. The van der Waals surface area contributed by atoms with Gasteiger partial charge in [0.15, 0.2) is 0 Å². The number of carbonyl (C=O) groups excluding carboxylic acids is 2. The van der Waals surface area contributed by atoms with E-state index in [0.717, 1.165) is 11.1 Å². The monoisotopic (exact) mass is 477 g/mol. The number of methoxy groups -OCH3 is 1. The van der Waals surface area contributed by atoms with Gasteiger partial charge in [0, 0.05) is 6.54 Å². The van der Waals surface area contributed by atoms with Gasteiger partial charge in [0.05, 0.1) is 24.5 Å². The molecular formula is C28H28FNO5. The van der Waals surface area contributed by atoms with Crippen LogP contribution >= 0.6 is 0 Å². The Kier molecular flexibility index (Phi) is 6.52. The van der Waals surface area contributed by atoms with E-state index in [2.05, 4.69) is 0 Å². The average molecular weight is 478 g/mol. The van der Waals surface area contributed by atoms with Gasteiger partial charge in [-0.05, 0) is 59.4 Å². The fourth-order valence-corrected chi connectivity index (χ4v) is 4.26. The van der Waals surface area contributed by atoms with Crippen LogP contribution in [0.1, 0.15) is 49.3 Å². The molecule has 6 nitrogen and oxygen atoms in total. The summed E-state index contributed by atoms with van der Waals surface area (Å²) in [6.07, 6.45) is 1.85. The third-order valence-electron chi connectivity index (χ3n) is 6.23. The summed E-state index contributed by atoms with van der Waals surface area (Å²) < 4.78 is 24.3. The van der Waals surface area contributed by atoms with Gasteiger partial charge in [0.25, 0.3) is 11.7 Å². The van der Waals surface area contributed by atoms with Crippen molar-refractivity contribution in [3.8, 4) is 5.75 Å². The van der Waals surface area contributed by atoms with Crippen molar-refractivity contribution in [3.05, 3.63) is 94.7 Å². The fraction of sp³-hybridized carbons (Fsp3) is 0.286. The number of hydrogen-bond acceptors (Lipinski definition) is 5. The van der Waals surface area contributed by atoms with Gasteiger partial charge in [0.2, 0.25) is 0 Å². The molecule has 1 unspecified atom stereocenters. The Labute approximate surface area is 203 Å². The summed E-state index contributed by atoms with van der Waals surface area (Å²) in [5, 5.41) is 11.4. The average Bonchev–Trinajstić information content (AvgIpc) is 3.44. The van der Waals surface area contributed by atoms with Crippen LogP contribution in [0.5, 0.6) is 5.75 Å². The standard InChI is InChI=1S/C28H28FNO5/c1-28(2,3)18-9-12-21(34-4)20(16-18)25(31)23-24(22-6-5-15-35-22)30(27(33)26(23)32)14-13-17-7-10-19(29)11-8-17/h5-12,15-16,24,31H,13-14H2,1-4H3/b25-23+. The molecule has 0 bridgehead atoms. The molecule has 2 heterocycles. The number of rotatable bonds is 6. The van der Waals surface area contributed by atoms with Gasteiger partial charge in [0.1, 0.15) is 29.1 Å². The van der Waals surface area contributed by atoms with E-state index in [1.54, 1.807) is 36.4 Å². The quantitative estimate of drug-likeness (QED) is 0.293. The van der Waals surface area contributed by atoms with Gasteiger partial charge < -0.3 is 19.2 Å². The van der Waals surface area contributed by atoms with Crippen molar-refractivity contribution >= 4 is 17.4 Å². The zero-order chi connectivity index (χ0) is 25.3. The summed E-state index contributed by atoms with van der Waals surface area (Å²) in [6, 6.07) is 13.8. The van der Waals surface area contributed by atoms with Gasteiger partial charge in [-0.1, -0.05) is 39.0 Å². The van der Waals surface area contributed by atoms with E-state index >= 15 is 0 Å². The lowest BCUT2D eigenvalue weighted by Crippen LogP contribution is -2.31. The normalized spacial score (nSPS) is 17.7. The highest BCUT2D eigenvalue weighted by atomic mass is 19.1. The second kappa shape index (κ2) is 9.41. The van der Waals surface area contributed by atoms with Crippen molar-refractivity contribution in [1.82, 2.24) is 4.90 Å². The van der Waals surface area contributed by atoms with Crippen molar-refractivity contribution in [2.75, 3.05) is 13.7 Å². The molecule has 1 aliphatic heterocycles. The van der Waals surface area contributed by atoms with E-state index in [1.165, 1.54) is 30.4 Å². The van der Waals surface area contributed by atoms with E-state index in [4.69, 9.17) is 9.15 Å². The summed E-state index contributed by atoms with van der Waals surface area (Å²) in [5.41, 5.74) is 1.79.